The second kappa shape index (κ2) is 7.09. The van der Waals surface area contributed by atoms with Gasteiger partial charge >= 0.3 is 0 Å². The van der Waals surface area contributed by atoms with Crippen molar-refractivity contribution in [3.05, 3.63) is 35.4 Å². The molecule has 4 heteroatoms. The Morgan fingerprint density at radius 3 is 2.95 bits per heavy atom. The van der Waals surface area contributed by atoms with Gasteiger partial charge in [-0.3, -0.25) is 4.79 Å². The molecule has 1 aromatic carbocycles. The highest BCUT2D eigenvalue weighted by atomic mass is 35.5. The van der Waals surface area contributed by atoms with Crippen LogP contribution in [0.5, 0.6) is 0 Å². The van der Waals surface area contributed by atoms with Crippen LogP contribution in [0.3, 0.4) is 0 Å². The lowest BCUT2D eigenvalue weighted by Crippen LogP contribution is -2.27. The third-order valence-electron chi connectivity index (χ3n) is 4.41. The van der Waals surface area contributed by atoms with Gasteiger partial charge < -0.3 is 10.6 Å². The van der Waals surface area contributed by atoms with Crippen molar-refractivity contribution in [3.63, 3.8) is 0 Å². The molecule has 3 nitrogen and oxygen atoms in total. The molecule has 3 rings (SSSR count). The fourth-order valence-corrected chi connectivity index (χ4v) is 3.27. The normalized spacial score (nSPS) is 24.0. The summed E-state index contributed by atoms with van der Waals surface area (Å²) < 4.78 is 0. The fraction of sp³-hybridized carbons (Fsp3) is 0.562. The Morgan fingerprint density at radius 2 is 2.15 bits per heavy atom. The van der Waals surface area contributed by atoms with E-state index in [0.29, 0.717) is 12.3 Å². The third kappa shape index (κ3) is 3.53. The fourth-order valence-electron chi connectivity index (χ4n) is 3.27. The van der Waals surface area contributed by atoms with Crippen LogP contribution in [0.15, 0.2) is 24.3 Å². The van der Waals surface area contributed by atoms with E-state index in [0.717, 1.165) is 32.4 Å². The summed E-state index contributed by atoms with van der Waals surface area (Å²) in [6.07, 6.45) is 5.06. The van der Waals surface area contributed by atoms with Gasteiger partial charge in [-0.2, -0.15) is 0 Å². The number of hydrogen-bond acceptors (Lipinski definition) is 2. The molecule has 2 atom stereocenters. The zero-order valence-corrected chi connectivity index (χ0v) is 12.5. The minimum atomic E-state index is 0. The van der Waals surface area contributed by atoms with Gasteiger partial charge in [0.15, 0.2) is 0 Å². The number of rotatable bonds is 4. The molecule has 0 aromatic heterocycles. The number of benzene rings is 1. The average Bonchev–Trinajstić information content (AvgIpc) is 3.07. The van der Waals surface area contributed by atoms with Gasteiger partial charge in [-0.15, -0.1) is 12.4 Å². The van der Waals surface area contributed by atoms with Crippen LogP contribution in [0.4, 0.5) is 0 Å². The molecule has 110 valence electrons. The van der Waals surface area contributed by atoms with Gasteiger partial charge in [-0.25, -0.2) is 0 Å². The second-order valence-electron chi connectivity index (χ2n) is 5.76. The van der Waals surface area contributed by atoms with E-state index >= 15 is 0 Å². The molecular formula is C16H23ClN2O. The number of hydrogen-bond donors (Lipinski definition) is 2. The van der Waals surface area contributed by atoms with Crippen LogP contribution < -0.4 is 10.6 Å². The summed E-state index contributed by atoms with van der Waals surface area (Å²) in [6.45, 7) is 2.20. The first-order valence-electron chi connectivity index (χ1n) is 7.41. The predicted octanol–water partition coefficient (Wildman–Crippen LogP) is 2.60. The van der Waals surface area contributed by atoms with Gasteiger partial charge in [0.25, 0.3) is 0 Å². The van der Waals surface area contributed by atoms with E-state index < -0.39 is 0 Å². The van der Waals surface area contributed by atoms with E-state index in [1.165, 1.54) is 17.5 Å². The molecule has 1 aliphatic heterocycles. The topological polar surface area (TPSA) is 41.1 Å². The van der Waals surface area contributed by atoms with Crippen molar-refractivity contribution in [2.75, 3.05) is 13.1 Å². The van der Waals surface area contributed by atoms with Crippen LogP contribution >= 0.6 is 12.4 Å². The van der Waals surface area contributed by atoms with Gasteiger partial charge in [0.2, 0.25) is 5.91 Å². The quantitative estimate of drug-likeness (QED) is 0.896. The zero-order chi connectivity index (χ0) is 13.1. The summed E-state index contributed by atoms with van der Waals surface area (Å²) in [5.74, 6) is 0.912. The summed E-state index contributed by atoms with van der Waals surface area (Å²) in [5.41, 5.74) is 2.71. The van der Waals surface area contributed by atoms with Gasteiger partial charge in [0.1, 0.15) is 0 Å². The first-order valence-corrected chi connectivity index (χ1v) is 7.41. The van der Waals surface area contributed by atoms with E-state index in [1.54, 1.807) is 0 Å². The smallest absolute Gasteiger partial charge is 0.220 e. The van der Waals surface area contributed by atoms with Crippen LogP contribution in [0.1, 0.15) is 42.9 Å². The number of aryl methyl sites for hydroxylation is 1. The number of nitrogens with one attached hydrogen (secondary N) is 2. The monoisotopic (exact) mass is 294 g/mol. The molecule has 2 N–H and O–H groups in total. The molecule has 2 unspecified atom stereocenters. The third-order valence-corrected chi connectivity index (χ3v) is 4.41. The predicted molar refractivity (Wildman–Crippen MR) is 83.1 cm³/mol. The maximum atomic E-state index is 12.0. The highest BCUT2D eigenvalue weighted by Crippen LogP contribution is 2.30. The van der Waals surface area contributed by atoms with E-state index in [1.807, 2.05) is 0 Å². The van der Waals surface area contributed by atoms with Crippen molar-refractivity contribution in [1.29, 1.82) is 0 Å². The molecule has 1 aliphatic carbocycles. The van der Waals surface area contributed by atoms with E-state index in [4.69, 9.17) is 0 Å². The number of halogens is 1. The standard InChI is InChI=1S/C16H22N2O.ClH/c19-16(8-5-12-9-10-17-11-12)18-15-7-6-13-3-1-2-4-14(13)15;/h1-4,12,15,17H,5-11H2,(H,18,19);1H. The van der Waals surface area contributed by atoms with Gasteiger partial charge in [-0.1, -0.05) is 24.3 Å². The summed E-state index contributed by atoms with van der Waals surface area (Å²) in [4.78, 5) is 12.0. The van der Waals surface area contributed by atoms with Crippen LogP contribution in [-0.4, -0.2) is 19.0 Å². The lowest BCUT2D eigenvalue weighted by atomic mass is 10.0. The van der Waals surface area contributed by atoms with E-state index in [2.05, 4.69) is 34.9 Å². The SMILES string of the molecule is Cl.O=C(CCC1CCNC1)NC1CCc2ccccc21. The maximum Gasteiger partial charge on any atom is 0.220 e. The molecule has 2 aliphatic rings. The molecule has 0 bridgehead atoms. The molecule has 0 saturated carbocycles. The maximum absolute atomic E-state index is 12.0. The van der Waals surface area contributed by atoms with Crippen molar-refractivity contribution in [2.24, 2.45) is 5.92 Å². The Labute approximate surface area is 126 Å². The van der Waals surface area contributed by atoms with Crippen molar-refractivity contribution in [3.8, 4) is 0 Å². The molecule has 1 heterocycles. The van der Waals surface area contributed by atoms with Crippen molar-refractivity contribution < 1.29 is 4.79 Å². The van der Waals surface area contributed by atoms with Gasteiger partial charge in [-0.05, 0) is 55.8 Å². The molecule has 1 fully saturated rings. The number of carbonyl (C=O) groups excluding carboxylic acids is 1. The van der Waals surface area contributed by atoms with Crippen LogP contribution in [0.2, 0.25) is 0 Å². The van der Waals surface area contributed by atoms with Crippen LogP contribution in [0.25, 0.3) is 0 Å². The van der Waals surface area contributed by atoms with Crippen molar-refractivity contribution in [1.82, 2.24) is 10.6 Å². The minimum absolute atomic E-state index is 0. The Balaban J connectivity index is 0.00000147. The molecule has 1 amide bonds. The number of carbonyl (C=O) groups is 1. The van der Waals surface area contributed by atoms with Gasteiger partial charge in [0, 0.05) is 6.42 Å². The molecule has 1 saturated heterocycles. The Kier molecular flexibility index (Phi) is 5.44. The number of fused-ring (bicyclic) bond motifs is 1. The molecule has 0 spiro atoms. The summed E-state index contributed by atoms with van der Waals surface area (Å²) in [6, 6.07) is 8.70. The lowest BCUT2D eigenvalue weighted by Gasteiger charge is -2.15. The summed E-state index contributed by atoms with van der Waals surface area (Å²) >= 11 is 0. The molecule has 20 heavy (non-hydrogen) atoms. The van der Waals surface area contributed by atoms with Gasteiger partial charge in [0.05, 0.1) is 6.04 Å². The van der Waals surface area contributed by atoms with E-state index in [-0.39, 0.29) is 24.4 Å². The molecular weight excluding hydrogens is 272 g/mol. The minimum Gasteiger partial charge on any atom is -0.349 e. The average molecular weight is 295 g/mol. The van der Waals surface area contributed by atoms with Crippen LogP contribution in [-0.2, 0) is 11.2 Å². The first kappa shape index (κ1) is 15.3. The Bertz CT molecular complexity index is 458. The van der Waals surface area contributed by atoms with Crippen molar-refractivity contribution in [2.45, 2.75) is 38.1 Å². The lowest BCUT2D eigenvalue weighted by molar-refractivity contribution is -0.122. The van der Waals surface area contributed by atoms with Crippen LogP contribution in [0, 0.1) is 5.92 Å². The van der Waals surface area contributed by atoms with Crippen molar-refractivity contribution >= 4 is 18.3 Å². The summed E-state index contributed by atoms with van der Waals surface area (Å²) in [7, 11) is 0. The zero-order valence-electron chi connectivity index (χ0n) is 11.7. The molecule has 0 radical (unpaired) electrons. The Hall–Kier alpha value is -1.06. The number of amides is 1. The molecule has 1 aromatic rings. The summed E-state index contributed by atoms with van der Waals surface area (Å²) in [5, 5.41) is 6.55. The van der Waals surface area contributed by atoms with E-state index in [9.17, 15) is 4.79 Å². The largest absolute Gasteiger partial charge is 0.349 e. The first-order chi connectivity index (χ1) is 9.33. The second-order valence-corrected chi connectivity index (χ2v) is 5.76. The Morgan fingerprint density at radius 1 is 1.30 bits per heavy atom. The highest BCUT2D eigenvalue weighted by molar-refractivity contribution is 5.85. The highest BCUT2D eigenvalue weighted by Gasteiger charge is 2.23.